The Morgan fingerprint density at radius 3 is 2.57 bits per heavy atom. The average Bonchev–Trinajstić information content (AvgIpc) is 2.49. The minimum absolute atomic E-state index is 0.0782. The van der Waals surface area contributed by atoms with Crippen molar-refractivity contribution < 1.29 is 9.59 Å². The van der Waals surface area contributed by atoms with Crippen molar-refractivity contribution in [1.82, 2.24) is 10.2 Å². The third kappa shape index (κ3) is 2.92. The summed E-state index contributed by atoms with van der Waals surface area (Å²) in [6.07, 6.45) is 6.59. The van der Waals surface area contributed by atoms with Crippen molar-refractivity contribution in [2.75, 3.05) is 0 Å². The number of hydrogen-bond donors (Lipinski definition) is 1. The van der Waals surface area contributed by atoms with Crippen LogP contribution in [0.2, 0.25) is 0 Å². The Labute approximate surface area is 125 Å². The summed E-state index contributed by atoms with van der Waals surface area (Å²) in [6.45, 7) is 3.69. The van der Waals surface area contributed by atoms with E-state index in [1.165, 1.54) is 0 Å². The van der Waals surface area contributed by atoms with Crippen LogP contribution < -0.4 is 5.32 Å². The smallest absolute Gasteiger partial charge is 0.248 e. The van der Waals surface area contributed by atoms with Gasteiger partial charge in [0.15, 0.2) is 0 Å². The summed E-state index contributed by atoms with van der Waals surface area (Å²) in [5, 5.41) is 2.75. The van der Waals surface area contributed by atoms with Crippen LogP contribution in [0.3, 0.4) is 0 Å². The lowest BCUT2D eigenvalue weighted by Crippen LogP contribution is -2.60. The molecule has 110 valence electrons. The third-order valence-corrected chi connectivity index (χ3v) is 3.84. The Balaban J connectivity index is 2.44. The first-order valence-corrected chi connectivity index (χ1v) is 7.21. The number of carbonyl (C=O) groups is 2. The molecule has 0 bridgehead atoms. The maximum atomic E-state index is 12.6. The van der Waals surface area contributed by atoms with Gasteiger partial charge in [0, 0.05) is 12.5 Å². The lowest BCUT2D eigenvalue weighted by atomic mass is 9.96. The van der Waals surface area contributed by atoms with Crippen LogP contribution in [0.4, 0.5) is 0 Å². The van der Waals surface area contributed by atoms with Crippen LogP contribution in [0.15, 0.2) is 30.3 Å². The van der Waals surface area contributed by atoms with Crippen molar-refractivity contribution in [3.05, 3.63) is 35.9 Å². The first-order chi connectivity index (χ1) is 10.1. The van der Waals surface area contributed by atoms with Crippen molar-refractivity contribution in [1.29, 1.82) is 0 Å². The molecule has 1 aromatic rings. The summed E-state index contributed by atoms with van der Waals surface area (Å²) in [6, 6.07) is 8.11. The van der Waals surface area contributed by atoms with Crippen molar-refractivity contribution in [3.8, 4) is 12.3 Å². The van der Waals surface area contributed by atoms with E-state index in [2.05, 4.69) is 11.2 Å². The highest BCUT2D eigenvalue weighted by Crippen LogP contribution is 2.29. The molecule has 0 aromatic heterocycles. The maximum absolute atomic E-state index is 12.6. The number of benzene rings is 1. The van der Waals surface area contributed by atoms with Gasteiger partial charge in [0.2, 0.25) is 11.8 Å². The molecule has 1 heterocycles. The molecule has 1 aliphatic rings. The van der Waals surface area contributed by atoms with E-state index in [0.717, 1.165) is 12.0 Å². The maximum Gasteiger partial charge on any atom is 0.248 e. The van der Waals surface area contributed by atoms with Gasteiger partial charge < -0.3 is 10.2 Å². The van der Waals surface area contributed by atoms with Gasteiger partial charge in [0.25, 0.3) is 0 Å². The predicted octanol–water partition coefficient (Wildman–Crippen LogP) is 1.88. The summed E-state index contributed by atoms with van der Waals surface area (Å²) < 4.78 is 0. The highest BCUT2D eigenvalue weighted by molar-refractivity contribution is 5.97. The summed E-state index contributed by atoms with van der Waals surface area (Å²) >= 11 is 0. The van der Waals surface area contributed by atoms with Gasteiger partial charge in [-0.3, -0.25) is 9.59 Å². The normalized spacial score (nSPS) is 23.4. The number of nitrogens with zero attached hydrogens (tertiary/aromatic N) is 1. The Morgan fingerprint density at radius 2 is 2.00 bits per heavy atom. The summed E-state index contributed by atoms with van der Waals surface area (Å²) in [7, 11) is 0. The van der Waals surface area contributed by atoms with Gasteiger partial charge in [-0.05, 0) is 18.9 Å². The quantitative estimate of drug-likeness (QED) is 0.858. The highest BCUT2D eigenvalue weighted by Gasteiger charge is 2.42. The number of piperazine rings is 1. The van der Waals surface area contributed by atoms with Gasteiger partial charge in [0.1, 0.15) is 12.1 Å². The lowest BCUT2D eigenvalue weighted by Gasteiger charge is -2.42. The van der Waals surface area contributed by atoms with E-state index in [1.54, 1.807) is 11.8 Å². The van der Waals surface area contributed by atoms with Gasteiger partial charge >= 0.3 is 0 Å². The van der Waals surface area contributed by atoms with E-state index in [0.29, 0.717) is 6.42 Å². The molecule has 2 rings (SSSR count). The van der Waals surface area contributed by atoms with E-state index in [9.17, 15) is 9.59 Å². The summed E-state index contributed by atoms with van der Waals surface area (Å²) in [5.74, 6) is 2.39. The van der Waals surface area contributed by atoms with Gasteiger partial charge in [0.05, 0.1) is 0 Å². The minimum Gasteiger partial charge on any atom is -0.342 e. The average molecular weight is 284 g/mol. The molecule has 4 heteroatoms. The second kappa shape index (κ2) is 6.45. The van der Waals surface area contributed by atoms with Crippen molar-refractivity contribution in [3.63, 3.8) is 0 Å². The third-order valence-electron chi connectivity index (χ3n) is 3.84. The van der Waals surface area contributed by atoms with Gasteiger partial charge in [-0.2, -0.15) is 0 Å². The van der Waals surface area contributed by atoms with Crippen LogP contribution in [-0.4, -0.2) is 28.8 Å². The molecule has 2 amide bonds. The van der Waals surface area contributed by atoms with E-state index >= 15 is 0 Å². The fraction of sp³-hybridized carbons (Fsp3) is 0.412. The fourth-order valence-electron chi connectivity index (χ4n) is 2.74. The zero-order chi connectivity index (χ0) is 15.4. The van der Waals surface area contributed by atoms with E-state index < -0.39 is 12.1 Å². The van der Waals surface area contributed by atoms with Crippen molar-refractivity contribution >= 4 is 11.8 Å². The first kappa shape index (κ1) is 15.1. The molecule has 3 atom stereocenters. The Morgan fingerprint density at radius 1 is 1.33 bits per heavy atom. The van der Waals surface area contributed by atoms with Crippen LogP contribution in [-0.2, 0) is 9.59 Å². The standard InChI is InChI=1S/C17H20N2O2/c1-4-9-14(5-2)19-15(13-10-7-6-8-11-13)16(20)18-12(3)17(19)21/h1,6-8,10-12,14-15H,5,9H2,2-3H3,(H,18,20). The van der Waals surface area contributed by atoms with E-state index in [1.807, 2.05) is 37.3 Å². The molecule has 1 aliphatic heterocycles. The van der Waals surface area contributed by atoms with Gasteiger partial charge in [-0.15, -0.1) is 12.3 Å². The van der Waals surface area contributed by atoms with Crippen LogP contribution in [0.25, 0.3) is 0 Å². The predicted molar refractivity (Wildman–Crippen MR) is 81.2 cm³/mol. The molecule has 21 heavy (non-hydrogen) atoms. The SMILES string of the molecule is C#CCC(CC)N1C(=O)C(C)NC(=O)C1c1ccccc1. The summed E-state index contributed by atoms with van der Waals surface area (Å²) in [5.41, 5.74) is 0.811. The van der Waals surface area contributed by atoms with E-state index in [4.69, 9.17) is 6.42 Å². The number of rotatable bonds is 4. The van der Waals surface area contributed by atoms with Crippen LogP contribution in [0.5, 0.6) is 0 Å². The minimum atomic E-state index is -0.604. The van der Waals surface area contributed by atoms with E-state index in [-0.39, 0.29) is 17.9 Å². The van der Waals surface area contributed by atoms with Gasteiger partial charge in [-0.25, -0.2) is 0 Å². The largest absolute Gasteiger partial charge is 0.342 e. The van der Waals surface area contributed by atoms with Crippen LogP contribution in [0.1, 0.15) is 38.3 Å². The molecule has 0 aliphatic carbocycles. The topological polar surface area (TPSA) is 49.4 Å². The number of nitrogens with one attached hydrogen (secondary N) is 1. The molecule has 3 unspecified atom stereocenters. The molecule has 0 spiro atoms. The van der Waals surface area contributed by atoms with Crippen LogP contribution in [0, 0.1) is 12.3 Å². The number of hydrogen-bond acceptors (Lipinski definition) is 2. The number of amides is 2. The molecule has 1 aromatic carbocycles. The molecule has 0 radical (unpaired) electrons. The molecule has 0 saturated carbocycles. The molecule has 1 N–H and O–H groups in total. The zero-order valence-corrected chi connectivity index (χ0v) is 12.4. The Bertz CT molecular complexity index is 562. The molecule has 1 saturated heterocycles. The van der Waals surface area contributed by atoms with Crippen molar-refractivity contribution in [2.45, 2.75) is 44.8 Å². The second-order valence-electron chi connectivity index (χ2n) is 5.26. The molecule has 4 nitrogen and oxygen atoms in total. The zero-order valence-electron chi connectivity index (χ0n) is 12.4. The molecular weight excluding hydrogens is 264 g/mol. The molecule has 1 fully saturated rings. The number of terminal acetylenes is 1. The monoisotopic (exact) mass is 284 g/mol. The van der Waals surface area contributed by atoms with Crippen LogP contribution >= 0.6 is 0 Å². The molecular formula is C17H20N2O2. The second-order valence-corrected chi connectivity index (χ2v) is 5.26. The van der Waals surface area contributed by atoms with Crippen molar-refractivity contribution in [2.24, 2.45) is 0 Å². The lowest BCUT2D eigenvalue weighted by molar-refractivity contribution is -0.152. The first-order valence-electron chi connectivity index (χ1n) is 7.21. The fourth-order valence-corrected chi connectivity index (χ4v) is 2.74. The Hall–Kier alpha value is -2.28. The number of carbonyl (C=O) groups excluding carboxylic acids is 2. The highest BCUT2D eigenvalue weighted by atomic mass is 16.2. The summed E-state index contributed by atoms with van der Waals surface area (Å²) in [4.78, 5) is 26.7. The van der Waals surface area contributed by atoms with Gasteiger partial charge in [-0.1, -0.05) is 37.3 Å². The Kier molecular flexibility index (Phi) is 4.64.